The molecule has 2 rings (SSSR count). The molecule has 1 heterocycles. The smallest absolute Gasteiger partial charge is 0.0304 e. The number of hydrogen-bond acceptors (Lipinski definition) is 2. The van der Waals surface area contributed by atoms with E-state index in [1.165, 1.54) is 43.4 Å². The molecular weight excluding hydrogens is 256 g/mol. The molecule has 2 heteroatoms. The second kappa shape index (κ2) is 7.42. The first-order valence-electron chi connectivity index (χ1n) is 8.67. The number of hydrogen-bond donors (Lipinski definition) is 1. The molecule has 0 spiro atoms. The van der Waals surface area contributed by atoms with Crippen LogP contribution in [0, 0.1) is 6.92 Å². The second-order valence-corrected chi connectivity index (χ2v) is 6.70. The Morgan fingerprint density at radius 1 is 1.24 bits per heavy atom. The van der Waals surface area contributed by atoms with Crippen LogP contribution in [0.2, 0.25) is 0 Å². The van der Waals surface area contributed by atoms with Crippen molar-refractivity contribution in [3.05, 3.63) is 35.4 Å². The maximum atomic E-state index is 3.85. The number of rotatable bonds is 6. The molecule has 0 saturated carbocycles. The predicted molar refractivity (Wildman–Crippen MR) is 91.6 cm³/mol. The summed E-state index contributed by atoms with van der Waals surface area (Å²) in [7, 11) is 0. The first-order chi connectivity index (χ1) is 10.1. The summed E-state index contributed by atoms with van der Waals surface area (Å²) in [6, 6.07) is 9.67. The van der Waals surface area contributed by atoms with E-state index in [0.717, 1.165) is 13.1 Å². The summed E-state index contributed by atoms with van der Waals surface area (Å²) in [6.07, 6.45) is 4.99. The normalized spacial score (nSPS) is 22.4. The molecule has 2 nitrogen and oxygen atoms in total. The third-order valence-electron chi connectivity index (χ3n) is 5.18. The number of nitrogens with zero attached hydrogens (tertiary/aromatic N) is 1. The molecule has 1 aromatic carbocycles. The number of benzene rings is 1. The Morgan fingerprint density at radius 2 is 2.00 bits per heavy atom. The molecule has 0 radical (unpaired) electrons. The van der Waals surface area contributed by atoms with Gasteiger partial charge < -0.3 is 5.32 Å². The Labute approximate surface area is 130 Å². The highest BCUT2D eigenvalue weighted by Gasteiger charge is 2.36. The molecule has 1 fully saturated rings. The van der Waals surface area contributed by atoms with E-state index in [9.17, 15) is 0 Å². The molecule has 1 aliphatic heterocycles. The summed E-state index contributed by atoms with van der Waals surface area (Å²) >= 11 is 0. The van der Waals surface area contributed by atoms with E-state index in [1.54, 1.807) is 0 Å². The number of aryl methyl sites for hydroxylation is 1. The molecule has 118 valence electrons. The van der Waals surface area contributed by atoms with Gasteiger partial charge >= 0.3 is 0 Å². The lowest BCUT2D eigenvalue weighted by molar-refractivity contribution is 0.0616. The minimum Gasteiger partial charge on any atom is -0.308 e. The van der Waals surface area contributed by atoms with Crippen LogP contribution in [0.5, 0.6) is 0 Å². The van der Waals surface area contributed by atoms with Crippen molar-refractivity contribution in [2.45, 2.75) is 71.5 Å². The van der Waals surface area contributed by atoms with Crippen LogP contribution in [0.15, 0.2) is 24.3 Å². The van der Waals surface area contributed by atoms with Crippen LogP contribution in [0.1, 0.15) is 57.6 Å². The van der Waals surface area contributed by atoms with Crippen LogP contribution >= 0.6 is 0 Å². The molecule has 1 saturated heterocycles. The highest BCUT2D eigenvalue weighted by atomic mass is 15.3. The fourth-order valence-electron chi connectivity index (χ4n) is 3.61. The Balaban J connectivity index is 2.13. The second-order valence-electron chi connectivity index (χ2n) is 6.70. The number of piperazine rings is 1. The molecule has 1 N–H and O–H groups in total. The fourth-order valence-corrected chi connectivity index (χ4v) is 3.61. The molecule has 1 aliphatic rings. The van der Waals surface area contributed by atoms with Gasteiger partial charge in [0.25, 0.3) is 0 Å². The lowest BCUT2D eigenvalue weighted by Crippen LogP contribution is -2.63. The van der Waals surface area contributed by atoms with Gasteiger partial charge in [-0.05, 0) is 31.7 Å². The summed E-state index contributed by atoms with van der Waals surface area (Å²) in [4.78, 5) is 2.72. The Morgan fingerprint density at radius 3 is 2.62 bits per heavy atom. The lowest BCUT2D eigenvalue weighted by atomic mass is 9.87. The zero-order chi connectivity index (χ0) is 15.3. The van der Waals surface area contributed by atoms with Gasteiger partial charge in [0.05, 0.1) is 0 Å². The minimum atomic E-state index is 0.314. The van der Waals surface area contributed by atoms with E-state index in [4.69, 9.17) is 0 Å². The summed E-state index contributed by atoms with van der Waals surface area (Å²) in [5, 5.41) is 3.85. The van der Waals surface area contributed by atoms with E-state index in [-0.39, 0.29) is 0 Å². The van der Waals surface area contributed by atoms with Crippen LogP contribution < -0.4 is 5.32 Å². The van der Waals surface area contributed by atoms with Crippen molar-refractivity contribution in [1.29, 1.82) is 0 Å². The van der Waals surface area contributed by atoms with Crippen molar-refractivity contribution < 1.29 is 0 Å². The van der Waals surface area contributed by atoms with E-state index in [2.05, 4.69) is 62.2 Å². The molecule has 1 aromatic rings. The largest absolute Gasteiger partial charge is 0.308 e. The highest BCUT2D eigenvalue weighted by molar-refractivity contribution is 5.22. The van der Waals surface area contributed by atoms with E-state index in [0.29, 0.717) is 11.6 Å². The van der Waals surface area contributed by atoms with Gasteiger partial charge in [-0.15, -0.1) is 0 Å². The Kier molecular flexibility index (Phi) is 5.83. The average molecular weight is 288 g/mol. The van der Waals surface area contributed by atoms with E-state index in [1.807, 2.05) is 0 Å². The summed E-state index contributed by atoms with van der Waals surface area (Å²) < 4.78 is 0. The molecule has 1 atom stereocenters. The van der Waals surface area contributed by atoms with E-state index >= 15 is 0 Å². The zero-order valence-electron chi connectivity index (χ0n) is 14.3. The summed E-state index contributed by atoms with van der Waals surface area (Å²) in [5.41, 5.74) is 3.14. The molecule has 0 amide bonds. The van der Waals surface area contributed by atoms with Crippen LogP contribution in [0.3, 0.4) is 0 Å². The van der Waals surface area contributed by atoms with Crippen LogP contribution in [-0.4, -0.2) is 29.6 Å². The topological polar surface area (TPSA) is 15.3 Å². The van der Waals surface area contributed by atoms with Gasteiger partial charge in [-0.1, -0.05) is 57.0 Å². The Hall–Kier alpha value is -0.860. The summed E-state index contributed by atoms with van der Waals surface area (Å²) in [6.45, 7) is 12.5. The van der Waals surface area contributed by atoms with Crippen molar-refractivity contribution in [2.24, 2.45) is 0 Å². The molecule has 1 unspecified atom stereocenters. The van der Waals surface area contributed by atoms with Gasteiger partial charge in [0.2, 0.25) is 0 Å². The molecular formula is C19H32N2. The lowest BCUT2D eigenvalue weighted by Gasteiger charge is -2.47. The quantitative estimate of drug-likeness (QED) is 0.847. The molecule has 21 heavy (non-hydrogen) atoms. The first kappa shape index (κ1) is 16.5. The van der Waals surface area contributed by atoms with Gasteiger partial charge in [0, 0.05) is 31.2 Å². The van der Waals surface area contributed by atoms with Crippen LogP contribution in [0.25, 0.3) is 0 Å². The highest BCUT2D eigenvalue weighted by Crippen LogP contribution is 2.26. The maximum Gasteiger partial charge on any atom is 0.0304 e. The third kappa shape index (κ3) is 4.08. The van der Waals surface area contributed by atoms with Crippen LogP contribution in [0.4, 0.5) is 0 Å². The van der Waals surface area contributed by atoms with Gasteiger partial charge in [0.1, 0.15) is 0 Å². The third-order valence-corrected chi connectivity index (χ3v) is 5.18. The van der Waals surface area contributed by atoms with E-state index < -0.39 is 0 Å². The Bertz CT molecular complexity index is 437. The molecule has 0 bridgehead atoms. The van der Waals surface area contributed by atoms with Crippen molar-refractivity contribution in [1.82, 2.24) is 10.2 Å². The SMILES string of the molecule is CCCC1CNC(CC)(CC)CN1Cc1cccc(C)c1. The standard InChI is InChI=1S/C19H32N2/c1-5-9-18-13-20-19(6-2,7-3)15-21(18)14-17-11-8-10-16(4)12-17/h8,10-12,18,20H,5-7,9,13-15H2,1-4H3. The molecule has 0 aliphatic carbocycles. The summed E-state index contributed by atoms with van der Waals surface area (Å²) in [5.74, 6) is 0. The van der Waals surface area contributed by atoms with Gasteiger partial charge in [-0.3, -0.25) is 4.90 Å². The zero-order valence-corrected chi connectivity index (χ0v) is 14.3. The number of nitrogens with one attached hydrogen (secondary N) is 1. The van der Waals surface area contributed by atoms with Gasteiger partial charge in [-0.2, -0.15) is 0 Å². The predicted octanol–water partition coefficient (Wildman–Crippen LogP) is 4.13. The van der Waals surface area contributed by atoms with Crippen molar-refractivity contribution in [2.75, 3.05) is 13.1 Å². The maximum absolute atomic E-state index is 3.85. The monoisotopic (exact) mass is 288 g/mol. The van der Waals surface area contributed by atoms with Crippen molar-refractivity contribution in [3.63, 3.8) is 0 Å². The minimum absolute atomic E-state index is 0.314. The van der Waals surface area contributed by atoms with Crippen molar-refractivity contribution in [3.8, 4) is 0 Å². The first-order valence-corrected chi connectivity index (χ1v) is 8.67. The van der Waals surface area contributed by atoms with Gasteiger partial charge in [-0.25, -0.2) is 0 Å². The molecule has 0 aromatic heterocycles. The van der Waals surface area contributed by atoms with Gasteiger partial charge in [0.15, 0.2) is 0 Å². The fraction of sp³-hybridized carbons (Fsp3) is 0.684. The average Bonchev–Trinajstić information content (AvgIpc) is 2.49. The van der Waals surface area contributed by atoms with Crippen molar-refractivity contribution >= 4 is 0 Å². The van der Waals surface area contributed by atoms with Crippen LogP contribution in [-0.2, 0) is 6.54 Å².